The van der Waals surface area contributed by atoms with E-state index in [4.69, 9.17) is 5.73 Å². The molecule has 0 radical (unpaired) electrons. The van der Waals surface area contributed by atoms with Gasteiger partial charge in [0.2, 0.25) is 0 Å². The van der Waals surface area contributed by atoms with Crippen LogP contribution in [0.1, 0.15) is 40.1 Å². The van der Waals surface area contributed by atoms with Crippen LogP contribution in [0.3, 0.4) is 0 Å². The van der Waals surface area contributed by atoms with Gasteiger partial charge in [0.05, 0.1) is 9.88 Å². The molecule has 88 valence electrons. The first-order valence-corrected chi connectivity index (χ1v) is 6.53. The van der Waals surface area contributed by atoms with Crippen LogP contribution in [0.2, 0.25) is 0 Å². The number of aromatic nitrogens is 1. The fourth-order valence-corrected chi connectivity index (χ4v) is 3.05. The second kappa shape index (κ2) is 4.93. The average molecular weight is 239 g/mol. The molecule has 0 spiro atoms. The quantitative estimate of drug-likeness (QED) is 0.864. The van der Waals surface area contributed by atoms with E-state index in [0.717, 1.165) is 35.9 Å². The van der Waals surface area contributed by atoms with Gasteiger partial charge in [-0.05, 0) is 32.4 Å². The smallest absolute Gasteiger partial charge is 0.268 e. The molecular formula is C11H17N3OS. The van der Waals surface area contributed by atoms with Crippen LogP contribution in [-0.2, 0) is 13.0 Å². The number of nitrogens with zero attached hydrogens (tertiary/aromatic N) is 2. The Morgan fingerprint density at radius 2 is 2.19 bits per heavy atom. The Labute approximate surface area is 99.5 Å². The second-order valence-electron chi connectivity index (χ2n) is 4.08. The second-order valence-corrected chi connectivity index (χ2v) is 5.25. The molecule has 1 aliphatic heterocycles. The number of aryl methyl sites for hydroxylation is 1. The lowest BCUT2D eigenvalue weighted by Crippen LogP contribution is -2.21. The fraction of sp³-hybridized carbons (Fsp3) is 0.636. The highest BCUT2D eigenvalue weighted by molar-refractivity contribution is 7.11. The van der Waals surface area contributed by atoms with Crippen LogP contribution in [0.15, 0.2) is 0 Å². The average Bonchev–Trinajstić information content (AvgIpc) is 2.87. The van der Waals surface area contributed by atoms with Gasteiger partial charge >= 0.3 is 0 Å². The largest absolute Gasteiger partial charge is 0.364 e. The number of carbonyl (C=O) groups excluding carboxylic acids is 1. The summed E-state index contributed by atoms with van der Waals surface area (Å²) in [7, 11) is 0. The summed E-state index contributed by atoms with van der Waals surface area (Å²) in [6, 6.07) is 0. The SMILES string of the molecule is CCc1nc(C(N)=O)c(CN2CCCC2)s1. The number of hydrogen-bond donors (Lipinski definition) is 1. The van der Waals surface area contributed by atoms with Crippen LogP contribution in [-0.4, -0.2) is 28.9 Å². The van der Waals surface area contributed by atoms with Gasteiger partial charge in [-0.2, -0.15) is 0 Å². The van der Waals surface area contributed by atoms with Crippen molar-refractivity contribution in [1.82, 2.24) is 9.88 Å². The van der Waals surface area contributed by atoms with Crippen LogP contribution < -0.4 is 5.73 Å². The molecule has 1 fully saturated rings. The maximum absolute atomic E-state index is 11.3. The minimum atomic E-state index is -0.398. The van der Waals surface area contributed by atoms with Crippen LogP contribution in [0.5, 0.6) is 0 Å². The van der Waals surface area contributed by atoms with E-state index in [-0.39, 0.29) is 0 Å². The Morgan fingerprint density at radius 3 is 2.75 bits per heavy atom. The first-order chi connectivity index (χ1) is 7.70. The number of nitrogens with two attached hydrogens (primary N) is 1. The van der Waals surface area contributed by atoms with Gasteiger partial charge in [0.15, 0.2) is 0 Å². The van der Waals surface area contributed by atoms with Gasteiger partial charge in [0, 0.05) is 6.54 Å². The van der Waals surface area contributed by atoms with E-state index in [0.29, 0.717) is 5.69 Å². The normalized spacial score (nSPS) is 16.8. The number of amides is 1. The Balaban J connectivity index is 2.17. The molecule has 0 unspecified atom stereocenters. The Bertz CT molecular complexity index is 383. The van der Waals surface area contributed by atoms with Crippen LogP contribution in [0, 0.1) is 0 Å². The van der Waals surface area contributed by atoms with Crippen molar-refractivity contribution in [2.75, 3.05) is 13.1 Å². The summed E-state index contributed by atoms with van der Waals surface area (Å²) < 4.78 is 0. The van der Waals surface area contributed by atoms with Crippen molar-refractivity contribution in [2.24, 2.45) is 5.73 Å². The third-order valence-electron chi connectivity index (χ3n) is 2.84. The third-order valence-corrected chi connectivity index (χ3v) is 4.03. The van der Waals surface area contributed by atoms with Gasteiger partial charge in [-0.25, -0.2) is 4.98 Å². The third kappa shape index (κ3) is 2.41. The lowest BCUT2D eigenvalue weighted by Gasteiger charge is -2.12. The topological polar surface area (TPSA) is 59.2 Å². The predicted octanol–water partition coefficient (Wildman–Crippen LogP) is 1.40. The predicted molar refractivity (Wildman–Crippen MR) is 64.5 cm³/mol. The van der Waals surface area contributed by atoms with Gasteiger partial charge < -0.3 is 5.73 Å². The zero-order valence-electron chi connectivity index (χ0n) is 9.53. The zero-order chi connectivity index (χ0) is 11.5. The van der Waals surface area contributed by atoms with Crippen molar-refractivity contribution < 1.29 is 4.79 Å². The Hall–Kier alpha value is -0.940. The molecule has 2 heterocycles. The molecule has 2 rings (SSSR count). The molecule has 0 bridgehead atoms. The molecule has 4 nitrogen and oxygen atoms in total. The van der Waals surface area contributed by atoms with Gasteiger partial charge in [-0.3, -0.25) is 9.69 Å². The number of likely N-dealkylation sites (tertiary alicyclic amines) is 1. The fourth-order valence-electron chi connectivity index (χ4n) is 2.00. The van der Waals surface area contributed by atoms with E-state index in [9.17, 15) is 4.79 Å². The highest BCUT2D eigenvalue weighted by atomic mass is 32.1. The van der Waals surface area contributed by atoms with E-state index in [2.05, 4.69) is 9.88 Å². The molecule has 16 heavy (non-hydrogen) atoms. The van der Waals surface area contributed by atoms with Gasteiger partial charge in [0.25, 0.3) is 5.91 Å². The molecule has 5 heteroatoms. The Morgan fingerprint density at radius 1 is 1.50 bits per heavy atom. The highest BCUT2D eigenvalue weighted by Gasteiger charge is 2.19. The summed E-state index contributed by atoms with van der Waals surface area (Å²) in [5.41, 5.74) is 5.82. The van der Waals surface area contributed by atoms with Crippen molar-refractivity contribution >= 4 is 17.2 Å². The number of carbonyl (C=O) groups is 1. The number of thiazole rings is 1. The molecule has 2 N–H and O–H groups in total. The van der Waals surface area contributed by atoms with Gasteiger partial charge in [-0.1, -0.05) is 6.92 Å². The first kappa shape index (κ1) is 11.5. The lowest BCUT2D eigenvalue weighted by atomic mass is 10.3. The molecule has 1 aliphatic rings. The molecule has 0 aromatic carbocycles. The van der Waals surface area contributed by atoms with Crippen molar-refractivity contribution in [3.05, 3.63) is 15.6 Å². The van der Waals surface area contributed by atoms with E-state index >= 15 is 0 Å². The van der Waals surface area contributed by atoms with E-state index < -0.39 is 5.91 Å². The minimum Gasteiger partial charge on any atom is -0.364 e. The van der Waals surface area contributed by atoms with Crippen LogP contribution >= 0.6 is 11.3 Å². The van der Waals surface area contributed by atoms with E-state index in [1.165, 1.54) is 12.8 Å². The number of hydrogen-bond acceptors (Lipinski definition) is 4. The maximum atomic E-state index is 11.3. The summed E-state index contributed by atoms with van der Waals surface area (Å²) in [5, 5.41) is 1.00. The van der Waals surface area contributed by atoms with Crippen LogP contribution in [0.4, 0.5) is 0 Å². The monoisotopic (exact) mass is 239 g/mol. The minimum absolute atomic E-state index is 0.398. The molecule has 0 atom stereocenters. The summed E-state index contributed by atoms with van der Waals surface area (Å²) in [4.78, 5) is 19.0. The maximum Gasteiger partial charge on any atom is 0.268 e. The first-order valence-electron chi connectivity index (χ1n) is 5.71. The molecule has 0 aliphatic carbocycles. The molecule has 1 aromatic rings. The van der Waals surface area contributed by atoms with Gasteiger partial charge in [0.1, 0.15) is 5.69 Å². The Kier molecular flexibility index (Phi) is 3.56. The van der Waals surface area contributed by atoms with Crippen molar-refractivity contribution in [3.63, 3.8) is 0 Å². The van der Waals surface area contributed by atoms with E-state index in [1.807, 2.05) is 6.92 Å². The summed E-state index contributed by atoms with van der Waals surface area (Å²) in [6.45, 7) is 5.12. The lowest BCUT2D eigenvalue weighted by molar-refractivity contribution is 0.0994. The molecule has 1 amide bonds. The van der Waals surface area contributed by atoms with Crippen molar-refractivity contribution in [2.45, 2.75) is 32.7 Å². The van der Waals surface area contributed by atoms with Crippen LogP contribution in [0.25, 0.3) is 0 Å². The number of rotatable bonds is 4. The zero-order valence-corrected chi connectivity index (χ0v) is 10.3. The molecule has 1 aromatic heterocycles. The standard InChI is InChI=1S/C11H17N3OS/c1-2-9-13-10(11(12)15)8(16-9)7-14-5-3-4-6-14/h2-7H2,1H3,(H2,12,15). The summed E-state index contributed by atoms with van der Waals surface area (Å²) in [5.74, 6) is -0.398. The highest BCUT2D eigenvalue weighted by Crippen LogP contribution is 2.22. The molecule has 1 saturated heterocycles. The number of primary amides is 1. The summed E-state index contributed by atoms with van der Waals surface area (Å²) in [6.07, 6.45) is 3.38. The molecule has 0 saturated carbocycles. The van der Waals surface area contributed by atoms with Crippen molar-refractivity contribution in [1.29, 1.82) is 0 Å². The van der Waals surface area contributed by atoms with Gasteiger partial charge in [-0.15, -0.1) is 11.3 Å². The van der Waals surface area contributed by atoms with Crippen molar-refractivity contribution in [3.8, 4) is 0 Å². The molecular weight excluding hydrogens is 222 g/mol. The summed E-state index contributed by atoms with van der Waals surface area (Å²) >= 11 is 1.62. The van der Waals surface area contributed by atoms with E-state index in [1.54, 1.807) is 11.3 Å².